The third-order valence-electron chi connectivity index (χ3n) is 17.1. The quantitative estimate of drug-likeness (QED) is 0.0466. The fourth-order valence-electron chi connectivity index (χ4n) is 10.8. The molecule has 21 N–H and O–H groups in total. The lowest BCUT2D eigenvalue weighted by Crippen LogP contribution is -2.60. The van der Waals surface area contributed by atoms with E-state index in [2.05, 4.69) is 4.99 Å². The topological polar surface area (TPSA) is 453 Å². The second-order valence-electron chi connectivity index (χ2n) is 24.8. The van der Waals surface area contributed by atoms with Crippen molar-refractivity contribution in [3.8, 4) is 0 Å². The zero-order chi connectivity index (χ0) is 65.3. The van der Waals surface area contributed by atoms with Crippen LogP contribution in [0.5, 0.6) is 0 Å². The van der Waals surface area contributed by atoms with Crippen molar-refractivity contribution in [3.05, 3.63) is 59.8 Å². The number of cyclic esters (lactones) is 1. The number of aliphatic hydroxyl groups is 17. The molecule has 2 aliphatic rings. The van der Waals surface area contributed by atoms with Gasteiger partial charge in [-0.25, -0.2) is 4.79 Å². The van der Waals surface area contributed by atoms with E-state index in [1.54, 1.807) is 66.7 Å². The van der Waals surface area contributed by atoms with Crippen LogP contribution >= 0.6 is 0 Å². The van der Waals surface area contributed by atoms with Crippen molar-refractivity contribution in [3.63, 3.8) is 0 Å². The summed E-state index contributed by atoms with van der Waals surface area (Å²) in [5.74, 6) is -4.83. The minimum atomic E-state index is -1.89. The Morgan fingerprint density at radius 1 is 0.674 bits per heavy atom. The highest BCUT2D eigenvalue weighted by Gasteiger charge is 2.46. The number of guanidine groups is 1. The van der Waals surface area contributed by atoms with Crippen LogP contribution in [-0.2, 0) is 19.0 Å². The van der Waals surface area contributed by atoms with E-state index in [1.807, 2.05) is 13.0 Å². The first-order valence-electron chi connectivity index (χ1n) is 30.7. The maximum absolute atomic E-state index is 13.5. The second kappa shape index (κ2) is 39.7. The van der Waals surface area contributed by atoms with Gasteiger partial charge in [0, 0.05) is 61.0 Å². The van der Waals surface area contributed by atoms with Crippen molar-refractivity contribution < 1.29 is 106 Å². The van der Waals surface area contributed by atoms with Gasteiger partial charge in [-0.1, -0.05) is 97.1 Å². The van der Waals surface area contributed by atoms with Gasteiger partial charge in [-0.05, 0) is 89.0 Å². The van der Waals surface area contributed by atoms with Gasteiger partial charge in [0.1, 0.15) is 42.7 Å². The molecule has 86 heavy (non-hydrogen) atoms. The first kappa shape index (κ1) is 78.8. The zero-order valence-corrected chi connectivity index (χ0v) is 51.9. The van der Waals surface area contributed by atoms with E-state index in [4.69, 9.17) is 25.7 Å². The average molecular weight is 1230 g/mol. The number of nitrogens with two attached hydrogens (primary N) is 2. The fourth-order valence-corrected chi connectivity index (χ4v) is 10.8. The summed E-state index contributed by atoms with van der Waals surface area (Å²) in [5.41, 5.74) is 11.4. The summed E-state index contributed by atoms with van der Waals surface area (Å²) in [6.07, 6.45) is -14.0. The molecule has 2 heterocycles. The Balaban J connectivity index is 2.45. The molecule has 0 aromatic rings. The molecule has 0 amide bonds. The van der Waals surface area contributed by atoms with Crippen molar-refractivity contribution in [2.45, 2.75) is 262 Å². The molecule has 0 saturated carbocycles. The molecule has 0 aromatic carbocycles. The average Bonchev–Trinajstić information content (AvgIpc) is 3.36. The summed E-state index contributed by atoms with van der Waals surface area (Å²) in [7, 11) is 0. The van der Waals surface area contributed by atoms with Gasteiger partial charge >= 0.3 is 5.97 Å². The molecule has 0 radical (unpaired) electrons. The van der Waals surface area contributed by atoms with Gasteiger partial charge in [0.2, 0.25) is 0 Å². The molecular weight excluding hydrogens is 1120 g/mol. The molecule has 0 bridgehead atoms. The predicted octanol–water partition coefficient (Wildman–Crippen LogP) is -0.243. The van der Waals surface area contributed by atoms with Crippen LogP contribution in [0.25, 0.3) is 0 Å². The highest BCUT2D eigenvalue weighted by Crippen LogP contribution is 2.30. The molecule has 0 aliphatic carbocycles. The number of esters is 1. The number of aliphatic imine (C=N–C) groups is 1. The molecule has 2 aliphatic heterocycles. The van der Waals surface area contributed by atoms with Gasteiger partial charge in [0.15, 0.2) is 12.2 Å². The Kier molecular flexibility index (Phi) is 36.4. The molecule has 0 spiro atoms. The van der Waals surface area contributed by atoms with Gasteiger partial charge in [-0.3, -0.25) is 4.99 Å². The monoisotopic (exact) mass is 1230 g/mol. The van der Waals surface area contributed by atoms with Gasteiger partial charge in [-0.15, -0.1) is 0 Å². The molecule has 1 saturated heterocycles. The van der Waals surface area contributed by atoms with Crippen LogP contribution in [0.2, 0.25) is 0 Å². The summed E-state index contributed by atoms with van der Waals surface area (Å²) >= 11 is 0. The van der Waals surface area contributed by atoms with Crippen molar-refractivity contribution >= 4 is 11.9 Å². The number of rotatable bonds is 9. The third kappa shape index (κ3) is 27.0. The number of aliphatic hydroxyl groups excluding tert-OH is 17. The highest BCUT2D eigenvalue weighted by atomic mass is 16.7. The Morgan fingerprint density at radius 3 is 1.94 bits per heavy atom. The number of hydrogen-bond acceptors (Lipinski definition) is 22. The maximum Gasteiger partial charge on any atom is 0.333 e. The van der Waals surface area contributed by atoms with Crippen LogP contribution in [0.1, 0.15) is 139 Å². The lowest BCUT2D eigenvalue weighted by Gasteiger charge is -2.41. The van der Waals surface area contributed by atoms with Gasteiger partial charge < -0.3 is 112 Å². The SMILES string of the molecule is CC1=CCC[C@H](C)[C@@H](O)[C@@H](C)[C@@H](O)CCC=C[C@H](C)[C@@H](O)C=C[C@H](C)[C@@H](O)C(C)=C[C@H](O[C@H]2O[C@H](CO)[C@@H](O)[C@H](O)[C@@H]2O)[C@H](O)C[C@@H](C)C[C@H](O)C[C@H](O)[C@H](C)[C@@H](O)[C@@H](O)[C@H](O)C[C@@H](O)C[C@H](O)C=CC[C@@H]([C@H](C)[C@H](O)CCCN=C(N)N)OC1=O. The third-order valence-corrected chi connectivity index (χ3v) is 17.1. The molecule has 2 rings (SSSR count). The summed E-state index contributed by atoms with van der Waals surface area (Å²) in [6, 6.07) is 0. The molecule has 1 fully saturated rings. The van der Waals surface area contributed by atoms with Crippen LogP contribution in [0, 0.1) is 41.4 Å². The molecule has 500 valence electrons. The summed E-state index contributed by atoms with van der Waals surface area (Å²) in [6.45, 7) is 14.5. The summed E-state index contributed by atoms with van der Waals surface area (Å²) in [4.78, 5) is 17.5. The van der Waals surface area contributed by atoms with E-state index in [0.29, 0.717) is 32.1 Å². The Hall–Kier alpha value is -3.32. The van der Waals surface area contributed by atoms with Crippen LogP contribution in [0.3, 0.4) is 0 Å². The molecule has 24 heteroatoms. The van der Waals surface area contributed by atoms with Gasteiger partial charge in [0.25, 0.3) is 0 Å². The van der Waals surface area contributed by atoms with Crippen molar-refractivity contribution in [2.75, 3.05) is 13.2 Å². The van der Waals surface area contributed by atoms with Gasteiger partial charge in [-0.2, -0.15) is 0 Å². The second-order valence-corrected chi connectivity index (χ2v) is 24.8. The zero-order valence-electron chi connectivity index (χ0n) is 51.9. The van der Waals surface area contributed by atoms with E-state index in [-0.39, 0.29) is 68.1 Å². The minimum absolute atomic E-state index is 0.0306. The number of nitrogens with zero attached hydrogens (tertiary/aromatic N) is 1. The van der Waals surface area contributed by atoms with E-state index in [1.165, 1.54) is 31.2 Å². The molecule has 0 unspecified atom stereocenters. The van der Waals surface area contributed by atoms with Gasteiger partial charge in [0.05, 0.1) is 79.9 Å². The van der Waals surface area contributed by atoms with E-state index in [9.17, 15) is 91.6 Å². The Bertz CT molecular complexity index is 2090. The highest BCUT2D eigenvalue weighted by molar-refractivity contribution is 5.87. The standard InChI is InChI=1S/C62H111N3O21/c1-32-25-42(68)29-47(73)40(9)55(78)56(79)49(75)30-43(69)28-41(67)18-13-21-50(38(7)45(71)20-14-24-65-62(63)64)84-60(83)36(5)17-12-16-34(3)54(77)39(8)46(72)19-11-10-15-33(2)44(70)23-22-35(4)53(76)37(6)27-51(48(74)26-32)85-61-59(82)58(81)57(80)52(31-66)86-61/h10,13,15,17-18,22-23,27,32-35,38-59,61,66-82H,11-12,14,16,19-21,24-26,28-31H2,1-9H3,(H4,63,64,65)/t32-,33-,34-,35-,38+,39-,40-,41+,42-,43-,44-,45+,46-,47-,48+,49+,50-,51-,52+,53+,54+,55+,56-,57+,58-,59-,61-/m0/s1. The van der Waals surface area contributed by atoms with Crippen molar-refractivity contribution in [1.82, 2.24) is 0 Å². The lowest BCUT2D eigenvalue weighted by atomic mass is 9.85. The number of carbonyl (C=O) groups excluding carboxylic acids is 1. The van der Waals surface area contributed by atoms with Crippen molar-refractivity contribution in [2.24, 2.45) is 57.9 Å². The number of allylic oxidation sites excluding steroid dienone is 2. The fraction of sp³-hybridized carbons (Fsp3) is 0.806. The molecule has 0 aromatic heterocycles. The maximum atomic E-state index is 13.5. The minimum Gasteiger partial charge on any atom is -0.458 e. The normalized spacial score (nSPS) is 40.6. The van der Waals surface area contributed by atoms with Crippen LogP contribution in [-0.4, -0.2) is 234 Å². The molecule has 24 nitrogen and oxygen atoms in total. The summed E-state index contributed by atoms with van der Waals surface area (Å²) in [5, 5.41) is 186. The summed E-state index contributed by atoms with van der Waals surface area (Å²) < 4.78 is 17.5. The van der Waals surface area contributed by atoms with E-state index < -0.39 is 177 Å². The van der Waals surface area contributed by atoms with Crippen LogP contribution < -0.4 is 11.5 Å². The lowest BCUT2D eigenvalue weighted by molar-refractivity contribution is -0.312. The Morgan fingerprint density at radius 2 is 1.30 bits per heavy atom. The number of ether oxygens (including phenoxy) is 3. The van der Waals surface area contributed by atoms with Crippen LogP contribution in [0.4, 0.5) is 0 Å². The predicted molar refractivity (Wildman–Crippen MR) is 322 cm³/mol. The largest absolute Gasteiger partial charge is 0.458 e. The Labute approximate surface area is 508 Å². The number of carbonyl (C=O) groups is 1. The number of hydrogen-bond donors (Lipinski definition) is 19. The van der Waals surface area contributed by atoms with Crippen molar-refractivity contribution in [1.29, 1.82) is 0 Å². The molecular formula is C62H111N3O21. The van der Waals surface area contributed by atoms with E-state index in [0.717, 1.165) is 0 Å². The first-order valence-corrected chi connectivity index (χ1v) is 30.7. The molecule has 27 atom stereocenters. The first-order chi connectivity index (χ1) is 40.2. The van der Waals surface area contributed by atoms with Crippen LogP contribution in [0.15, 0.2) is 64.7 Å². The van der Waals surface area contributed by atoms with E-state index >= 15 is 0 Å². The smallest absolute Gasteiger partial charge is 0.333 e.